The molecule has 2 aromatic heterocycles. The van der Waals surface area contributed by atoms with Gasteiger partial charge in [0, 0.05) is 30.5 Å². The number of aryl methyl sites for hydroxylation is 1. The maximum Gasteiger partial charge on any atom is 0.341 e. The smallest absolute Gasteiger partial charge is 0.341 e. The van der Waals surface area contributed by atoms with Crippen molar-refractivity contribution in [2.24, 2.45) is 7.05 Å². The molecule has 0 bridgehead atoms. The summed E-state index contributed by atoms with van der Waals surface area (Å²) in [6.45, 7) is 2.42. The second-order valence-corrected chi connectivity index (χ2v) is 8.51. The lowest BCUT2D eigenvalue weighted by atomic mass is 10.0. The number of anilines is 1. The maximum atomic E-state index is 12.4. The lowest BCUT2D eigenvalue weighted by Gasteiger charge is -2.25. The van der Waals surface area contributed by atoms with Gasteiger partial charge < -0.3 is 24.6 Å². The Morgan fingerprint density at radius 3 is 2.83 bits per heavy atom. The Morgan fingerprint density at radius 1 is 1.45 bits per heavy atom. The van der Waals surface area contributed by atoms with Crippen molar-refractivity contribution in [2.75, 3.05) is 24.7 Å². The molecule has 0 aliphatic carbocycles. The Bertz CT molecular complexity index is 935. The molecule has 0 saturated carbocycles. The summed E-state index contributed by atoms with van der Waals surface area (Å²) in [5.41, 5.74) is 1.17. The minimum absolute atomic E-state index is 0.0362. The third-order valence-corrected chi connectivity index (χ3v) is 6.67. The first-order valence-electron chi connectivity index (χ1n) is 8.75. The average Bonchev–Trinajstić information content (AvgIpc) is 3.20. The molecule has 2 amide bonds. The van der Waals surface area contributed by atoms with Gasteiger partial charge in [-0.2, -0.15) is 0 Å². The van der Waals surface area contributed by atoms with E-state index in [9.17, 15) is 19.5 Å². The van der Waals surface area contributed by atoms with Crippen LogP contribution in [0, 0.1) is 0 Å². The number of thioether (sulfide) groups is 1. The number of carbonyl (C=O) groups is 3. The topological polar surface area (TPSA) is 129 Å². The van der Waals surface area contributed by atoms with E-state index in [2.05, 4.69) is 15.1 Å². The number of ether oxygens (including phenoxy) is 1. The molecule has 3 rings (SSSR count). The van der Waals surface area contributed by atoms with Crippen LogP contribution >= 0.6 is 23.1 Å². The highest BCUT2D eigenvalue weighted by atomic mass is 32.2. The molecule has 12 heteroatoms. The average molecular weight is 441 g/mol. The third-order valence-electron chi connectivity index (χ3n) is 4.43. The van der Waals surface area contributed by atoms with E-state index in [1.807, 2.05) is 0 Å². The number of aromatic nitrogens is 2. The molecule has 3 heterocycles. The zero-order valence-electron chi connectivity index (χ0n) is 16.1. The zero-order chi connectivity index (χ0) is 21.1. The number of hydrogen-bond donors (Lipinski definition) is 1. The molecular weight excluding hydrogens is 420 g/mol. The van der Waals surface area contributed by atoms with Crippen LogP contribution in [0.5, 0.6) is 5.95 Å². The standard InChI is InChI=1S/C17H20N4O6S2/c1-9(22)21-6-4-10-11(8-21)29-14(13(10)16(24)26-3)18-12(23)5-7-28-15-17(25)27-19-20(15)2/h4-8H2,1-3H3,(H-,18,19,23,24,25). The number of nitrogens with one attached hydrogen (secondary N) is 1. The van der Waals surface area contributed by atoms with Crippen LogP contribution in [0.15, 0.2) is 9.55 Å². The highest BCUT2D eigenvalue weighted by Gasteiger charge is 2.30. The number of nitrogens with zero attached hydrogens (tertiary/aromatic N) is 3. The number of methoxy groups -OCH3 is 1. The second-order valence-electron chi connectivity index (χ2n) is 6.33. The summed E-state index contributed by atoms with van der Waals surface area (Å²) in [5.74, 6) is -1.06. The highest BCUT2D eigenvalue weighted by Crippen LogP contribution is 2.37. The van der Waals surface area contributed by atoms with Crippen LogP contribution in [-0.2, 0) is 34.3 Å². The van der Waals surface area contributed by atoms with Crippen molar-refractivity contribution in [2.45, 2.75) is 31.3 Å². The van der Waals surface area contributed by atoms with Crippen LogP contribution in [-0.4, -0.2) is 47.4 Å². The lowest BCUT2D eigenvalue weighted by Crippen LogP contribution is -2.33. The van der Waals surface area contributed by atoms with E-state index in [0.717, 1.165) is 10.4 Å². The third kappa shape index (κ3) is 4.53. The van der Waals surface area contributed by atoms with Gasteiger partial charge in [0.05, 0.1) is 24.5 Å². The van der Waals surface area contributed by atoms with Gasteiger partial charge in [-0.05, 0) is 12.0 Å². The number of rotatable bonds is 6. The van der Waals surface area contributed by atoms with Crippen LogP contribution in [0.2, 0.25) is 0 Å². The Morgan fingerprint density at radius 2 is 2.21 bits per heavy atom. The Hall–Kier alpha value is -2.60. The van der Waals surface area contributed by atoms with Gasteiger partial charge in [0.25, 0.3) is 5.03 Å². The molecule has 10 nitrogen and oxygen atoms in total. The van der Waals surface area contributed by atoms with Crippen molar-refractivity contribution >= 4 is 45.9 Å². The van der Waals surface area contributed by atoms with Crippen LogP contribution in [0.4, 0.5) is 5.00 Å². The Labute approximate surface area is 174 Å². The Kier molecular flexibility index (Phi) is 6.42. The summed E-state index contributed by atoms with van der Waals surface area (Å²) >= 11 is 2.44. The van der Waals surface area contributed by atoms with Crippen LogP contribution < -0.4 is 15.1 Å². The first-order chi connectivity index (χ1) is 13.8. The molecule has 1 N–H and O–H groups in total. The molecule has 0 radical (unpaired) electrons. The summed E-state index contributed by atoms with van der Waals surface area (Å²) < 4.78 is 10.7. The predicted molar refractivity (Wildman–Crippen MR) is 102 cm³/mol. The van der Waals surface area contributed by atoms with E-state index in [1.54, 1.807) is 11.9 Å². The van der Waals surface area contributed by atoms with Gasteiger partial charge >= 0.3 is 5.97 Å². The predicted octanol–water partition coefficient (Wildman–Crippen LogP) is 0.446. The van der Waals surface area contributed by atoms with Gasteiger partial charge in [0.1, 0.15) is 5.00 Å². The zero-order valence-corrected chi connectivity index (χ0v) is 17.8. The molecule has 1 aliphatic heterocycles. The number of esters is 1. The van der Waals surface area contributed by atoms with E-state index in [4.69, 9.17) is 4.74 Å². The quantitative estimate of drug-likeness (QED) is 0.389. The molecule has 0 aromatic carbocycles. The fraction of sp³-hybridized carbons (Fsp3) is 0.471. The molecular formula is C17H20N4O6S2. The van der Waals surface area contributed by atoms with Gasteiger partial charge in [-0.25, -0.2) is 4.79 Å². The number of fused-ring (bicyclic) bond motifs is 1. The van der Waals surface area contributed by atoms with Crippen molar-refractivity contribution < 1.29 is 33.4 Å². The monoisotopic (exact) mass is 440 g/mol. The first kappa shape index (κ1) is 21.1. The number of hydrogen-bond acceptors (Lipinski definition) is 9. The van der Waals surface area contributed by atoms with Gasteiger partial charge in [0.2, 0.25) is 11.8 Å². The normalized spacial score (nSPS) is 13.1. The van der Waals surface area contributed by atoms with Crippen LogP contribution in [0.3, 0.4) is 0 Å². The van der Waals surface area contributed by atoms with E-state index >= 15 is 0 Å². The van der Waals surface area contributed by atoms with Gasteiger partial charge in [-0.1, -0.05) is 16.4 Å². The number of amides is 2. The number of carbonyl (C=O) groups excluding carboxylic acids is 3. The van der Waals surface area contributed by atoms with Crippen molar-refractivity contribution in [3.63, 3.8) is 0 Å². The van der Waals surface area contributed by atoms with Gasteiger partial charge in [-0.15, -0.1) is 11.3 Å². The Balaban J connectivity index is 1.70. The summed E-state index contributed by atoms with van der Waals surface area (Å²) in [4.78, 5) is 38.9. The lowest BCUT2D eigenvalue weighted by molar-refractivity contribution is -0.772. The molecule has 0 unspecified atom stereocenters. The maximum absolute atomic E-state index is 12.4. The summed E-state index contributed by atoms with van der Waals surface area (Å²) in [6, 6.07) is 0. The SMILES string of the molecule is COC(=O)c1c(NC(=O)CCSc2c([O-])on[n+]2C)sc2c1CCN(C(C)=O)C2. The van der Waals surface area contributed by atoms with E-state index in [-0.39, 0.29) is 18.2 Å². The molecule has 0 fully saturated rings. The molecule has 156 valence electrons. The number of thiophene rings is 1. The van der Waals surface area contributed by atoms with E-state index in [1.165, 1.54) is 41.8 Å². The summed E-state index contributed by atoms with van der Waals surface area (Å²) in [6.07, 6.45) is 0.649. The fourth-order valence-electron chi connectivity index (χ4n) is 2.97. The first-order valence-corrected chi connectivity index (χ1v) is 10.6. The molecule has 0 atom stereocenters. The van der Waals surface area contributed by atoms with E-state index in [0.29, 0.717) is 40.9 Å². The van der Waals surface area contributed by atoms with Crippen LogP contribution in [0.25, 0.3) is 0 Å². The van der Waals surface area contributed by atoms with Crippen LogP contribution in [0.1, 0.15) is 34.1 Å². The molecule has 29 heavy (non-hydrogen) atoms. The molecule has 1 aliphatic rings. The van der Waals surface area contributed by atoms with Gasteiger partial charge in [-0.3, -0.25) is 9.59 Å². The second kappa shape index (κ2) is 8.82. The highest BCUT2D eigenvalue weighted by molar-refractivity contribution is 7.99. The molecule has 0 saturated heterocycles. The summed E-state index contributed by atoms with van der Waals surface area (Å²) in [7, 11) is 2.87. The van der Waals surface area contributed by atoms with E-state index < -0.39 is 11.9 Å². The van der Waals surface area contributed by atoms with Crippen molar-refractivity contribution in [1.82, 2.24) is 10.2 Å². The molecule has 0 spiro atoms. The minimum Gasteiger partial charge on any atom is -0.538 e. The fourth-order valence-corrected chi connectivity index (χ4v) is 5.09. The summed E-state index contributed by atoms with van der Waals surface area (Å²) in [5, 5.41) is 18.5. The minimum atomic E-state index is -0.549. The van der Waals surface area contributed by atoms with Crippen molar-refractivity contribution in [3.05, 3.63) is 16.0 Å². The van der Waals surface area contributed by atoms with Crippen molar-refractivity contribution in [1.29, 1.82) is 0 Å². The largest absolute Gasteiger partial charge is 0.538 e. The van der Waals surface area contributed by atoms with Crippen molar-refractivity contribution in [3.8, 4) is 5.95 Å². The van der Waals surface area contributed by atoms with Gasteiger partial charge in [0.15, 0.2) is 13.0 Å². The molecule has 2 aromatic rings.